The van der Waals surface area contributed by atoms with E-state index in [2.05, 4.69) is 20.7 Å². The van der Waals surface area contributed by atoms with Gasteiger partial charge >= 0.3 is 5.97 Å². The quantitative estimate of drug-likeness (QED) is 0.238. The van der Waals surface area contributed by atoms with E-state index in [0.717, 1.165) is 24.8 Å². The number of phenolic OH excluding ortho intramolecular Hbond substituents is 1. The van der Waals surface area contributed by atoms with E-state index in [4.69, 9.17) is 17.0 Å². The van der Waals surface area contributed by atoms with Crippen LogP contribution in [0.3, 0.4) is 0 Å². The van der Waals surface area contributed by atoms with Gasteiger partial charge < -0.3 is 14.6 Å². The van der Waals surface area contributed by atoms with Crippen molar-refractivity contribution in [1.82, 2.24) is 4.90 Å². The van der Waals surface area contributed by atoms with Gasteiger partial charge in [-0.2, -0.15) is 0 Å². The molecule has 0 spiro atoms. The molecule has 1 aromatic rings. The maximum absolute atomic E-state index is 12.7. The molecule has 0 aromatic heterocycles. The average Bonchev–Trinajstić information content (AvgIpc) is 2.92. The zero-order valence-corrected chi connectivity index (χ0v) is 18.9. The van der Waals surface area contributed by atoms with E-state index in [-0.39, 0.29) is 17.6 Å². The minimum absolute atomic E-state index is 0.0264. The fourth-order valence-electron chi connectivity index (χ4n) is 2.60. The number of hydrogen-bond acceptors (Lipinski definition) is 7. The number of hydrogen-bond donors (Lipinski definition) is 1. The van der Waals surface area contributed by atoms with Gasteiger partial charge in [0.1, 0.15) is 4.32 Å². The van der Waals surface area contributed by atoms with Gasteiger partial charge in [-0.1, -0.05) is 30.4 Å². The number of amides is 1. The molecule has 1 aliphatic heterocycles. The Kier molecular flexibility index (Phi) is 8.78. The van der Waals surface area contributed by atoms with Crippen molar-refractivity contribution in [2.75, 3.05) is 20.3 Å². The van der Waals surface area contributed by atoms with Gasteiger partial charge in [-0.05, 0) is 59.5 Å². The molecule has 1 N–H and O–H groups in total. The lowest BCUT2D eigenvalue weighted by Gasteiger charge is -2.14. The van der Waals surface area contributed by atoms with E-state index in [1.165, 1.54) is 18.9 Å². The Morgan fingerprint density at radius 2 is 2.11 bits per heavy atom. The molecule has 1 heterocycles. The standard InChI is InChI=1S/C19H22BrNO5S2/c1-3-26-14-10-12(9-13(20)17(14)23)11-15-18(24)21(19(27)28-15)8-6-4-5-7-16(22)25-2/h9-11,23H,3-8H2,1-2H3/b15-11-. The Morgan fingerprint density at radius 1 is 1.36 bits per heavy atom. The predicted molar refractivity (Wildman–Crippen MR) is 117 cm³/mol. The number of methoxy groups -OCH3 is 1. The highest BCUT2D eigenvalue weighted by molar-refractivity contribution is 9.10. The van der Waals surface area contributed by atoms with Gasteiger partial charge in [0.15, 0.2) is 11.5 Å². The van der Waals surface area contributed by atoms with Crippen LogP contribution < -0.4 is 4.74 Å². The fraction of sp³-hybridized carbons (Fsp3) is 0.421. The summed E-state index contributed by atoms with van der Waals surface area (Å²) in [6.07, 6.45) is 4.42. The topological polar surface area (TPSA) is 76.1 Å². The Bertz CT molecular complexity index is 797. The Hall–Kier alpha value is -1.58. The van der Waals surface area contributed by atoms with Crippen LogP contribution in [0.4, 0.5) is 0 Å². The highest BCUT2D eigenvalue weighted by atomic mass is 79.9. The van der Waals surface area contributed by atoms with Crippen LogP contribution in [0, 0.1) is 0 Å². The van der Waals surface area contributed by atoms with E-state index < -0.39 is 0 Å². The lowest BCUT2D eigenvalue weighted by atomic mass is 10.1. The van der Waals surface area contributed by atoms with Gasteiger partial charge in [-0.25, -0.2) is 0 Å². The van der Waals surface area contributed by atoms with Gasteiger partial charge in [0, 0.05) is 13.0 Å². The Morgan fingerprint density at radius 3 is 2.79 bits per heavy atom. The summed E-state index contributed by atoms with van der Waals surface area (Å²) in [6, 6.07) is 3.40. The lowest BCUT2D eigenvalue weighted by molar-refractivity contribution is -0.140. The molecule has 2 rings (SSSR count). The molecule has 6 nitrogen and oxygen atoms in total. The second-order valence-electron chi connectivity index (χ2n) is 6.00. The molecule has 0 atom stereocenters. The van der Waals surface area contributed by atoms with E-state index in [1.54, 1.807) is 23.1 Å². The van der Waals surface area contributed by atoms with Crippen LogP contribution in [-0.4, -0.2) is 46.5 Å². The largest absolute Gasteiger partial charge is 0.503 e. The minimum Gasteiger partial charge on any atom is -0.503 e. The van der Waals surface area contributed by atoms with Crippen LogP contribution in [0.15, 0.2) is 21.5 Å². The molecule has 1 saturated heterocycles. The molecule has 1 fully saturated rings. The maximum atomic E-state index is 12.7. The number of thioether (sulfide) groups is 1. The van der Waals surface area contributed by atoms with Gasteiger partial charge in [-0.3, -0.25) is 14.5 Å². The molecular weight excluding hydrogens is 466 g/mol. The predicted octanol–water partition coefficient (Wildman–Crippen LogP) is 4.49. The number of phenols is 1. The number of thiocarbonyl (C=S) groups is 1. The van der Waals surface area contributed by atoms with Crippen LogP contribution in [0.25, 0.3) is 6.08 Å². The first-order chi connectivity index (χ1) is 13.4. The highest BCUT2D eigenvalue weighted by Gasteiger charge is 2.31. The first-order valence-corrected chi connectivity index (χ1v) is 10.9. The molecule has 0 unspecified atom stereocenters. The summed E-state index contributed by atoms with van der Waals surface area (Å²) >= 11 is 9.90. The van der Waals surface area contributed by atoms with Crippen molar-refractivity contribution < 1.29 is 24.2 Å². The number of nitrogens with zero attached hydrogens (tertiary/aromatic N) is 1. The van der Waals surface area contributed by atoms with E-state index in [9.17, 15) is 14.7 Å². The number of aromatic hydroxyl groups is 1. The molecule has 1 aliphatic rings. The number of esters is 1. The third-order valence-corrected chi connectivity index (χ3v) is 5.99. The first-order valence-electron chi connectivity index (χ1n) is 8.84. The average molecular weight is 488 g/mol. The Labute approximate surface area is 182 Å². The van der Waals surface area contributed by atoms with Crippen LogP contribution in [-0.2, 0) is 14.3 Å². The molecule has 0 aliphatic carbocycles. The van der Waals surface area contributed by atoms with Gasteiger partial charge in [0.2, 0.25) is 0 Å². The second-order valence-corrected chi connectivity index (χ2v) is 8.53. The summed E-state index contributed by atoms with van der Waals surface area (Å²) in [5.74, 6) is 0.0212. The maximum Gasteiger partial charge on any atom is 0.305 e. The van der Waals surface area contributed by atoms with Crippen molar-refractivity contribution in [3.8, 4) is 11.5 Å². The zero-order valence-electron chi connectivity index (χ0n) is 15.7. The molecule has 28 heavy (non-hydrogen) atoms. The minimum atomic E-state index is -0.222. The number of ether oxygens (including phenoxy) is 2. The summed E-state index contributed by atoms with van der Waals surface area (Å²) in [4.78, 5) is 25.9. The number of rotatable bonds is 9. The highest BCUT2D eigenvalue weighted by Crippen LogP contribution is 2.38. The molecule has 1 aromatic carbocycles. The van der Waals surface area contributed by atoms with Crippen molar-refractivity contribution in [3.05, 3.63) is 27.1 Å². The SMILES string of the molecule is CCOc1cc(/C=C2\SC(=S)N(CCCCCC(=O)OC)C2=O)cc(Br)c1O. The van der Waals surface area contributed by atoms with Crippen LogP contribution in [0.5, 0.6) is 11.5 Å². The lowest BCUT2D eigenvalue weighted by Crippen LogP contribution is -2.29. The first kappa shape index (κ1) is 22.7. The molecule has 0 radical (unpaired) electrons. The summed E-state index contributed by atoms with van der Waals surface area (Å²) in [6.45, 7) is 2.77. The van der Waals surface area contributed by atoms with E-state index >= 15 is 0 Å². The van der Waals surface area contributed by atoms with Crippen LogP contribution in [0.1, 0.15) is 38.2 Å². The van der Waals surface area contributed by atoms with Crippen molar-refractivity contribution in [2.45, 2.75) is 32.6 Å². The smallest absolute Gasteiger partial charge is 0.305 e. The number of carbonyl (C=O) groups excluding carboxylic acids is 2. The molecule has 152 valence electrons. The summed E-state index contributed by atoms with van der Waals surface area (Å²) in [5, 5.41) is 10.0. The molecule has 0 saturated carbocycles. The molecular formula is C19H22BrNO5S2. The third kappa shape index (κ3) is 5.96. The van der Waals surface area contributed by atoms with Gasteiger partial charge in [-0.15, -0.1) is 0 Å². The number of halogens is 1. The molecule has 1 amide bonds. The summed E-state index contributed by atoms with van der Waals surface area (Å²) in [7, 11) is 1.37. The van der Waals surface area contributed by atoms with Crippen molar-refractivity contribution in [3.63, 3.8) is 0 Å². The van der Waals surface area contributed by atoms with Gasteiger partial charge in [0.05, 0.1) is 23.1 Å². The fourth-order valence-corrected chi connectivity index (χ4v) is 4.37. The van der Waals surface area contributed by atoms with Crippen molar-refractivity contribution in [2.24, 2.45) is 0 Å². The molecule has 9 heteroatoms. The summed E-state index contributed by atoms with van der Waals surface area (Å²) < 4.78 is 11.0. The second kappa shape index (κ2) is 10.8. The summed E-state index contributed by atoms with van der Waals surface area (Å²) in [5.41, 5.74) is 0.728. The van der Waals surface area contributed by atoms with Crippen LogP contribution >= 0.6 is 39.9 Å². The van der Waals surface area contributed by atoms with Crippen LogP contribution in [0.2, 0.25) is 0 Å². The monoisotopic (exact) mass is 487 g/mol. The molecule has 0 bridgehead atoms. The zero-order chi connectivity index (χ0) is 20.7. The number of carbonyl (C=O) groups is 2. The van der Waals surface area contributed by atoms with Crippen molar-refractivity contribution >= 4 is 62.2 Å². The third-order valence-electron chi connectivity index (χ3n) is 4.01. The van der Waals surface area contributed by atoms with E-state index in [1.807, 2.05) is 6.92 Å². The van der Waals surface area contributed by atoms with Crippen molar-refractivity contribution in [1.29, 1.82) is 0 Å². The van der Waals surface area contributed by atoms with Gasteiger partial charge in [0.25, 0.3) is 5.91 Å². The number of benzene rings is 1. The Balaban J connectivity index is 2.01. The normalized spacial score (nSPS) is 15.4. The van der Waals surface area contributed by atoms with E-state index in [0.29, 0.717) is 39.0 Å². The number of unbranched alkanes of at least 4 members (excludes halogenated alkanes) is 2.